The fourth-order valence-corrected chi connectivity index (χ4v) is 3.80. The van der Waals surface area contributed by atoms with Crippen LogP contribution < -0.4 is 0 Å². The van der Waals surface area contributed by atoms with Gasteiger partial charge >= 0.3 is 5.97 Å². The summed E-state index contributed by atoms with van der Waals surface area (Å²) >= 11 is 0. The fourth-order valence-electron chi connectivity index (χ4n) is 3.80. The summed E-state index contributed by atoms with van der Waals surface area (Å²) < 4.78 is 5.22. The predicted molar refractivity (Wildman–Crippen MR) is 121 cm³/mol. The largest absolute Gasteiger partial charge is 0.507 e. The van der Waals surface area contributed by atoms with Crippen LogP contribution in [0.3, 0.4) is 0 Å². The van der Waals surface area contributed by atoms with Crippen LogP contribution in [0.25, 0.3) is 10.8 Å². The summed E-state index contributed by atoms with van der Waals surface area (Å²) in [7, 11) is 0. The van der Waals surface area contributed by atoms with Gasteiger partial charge in [-0.3, -0.25) is 24.1 Å². The number of amides is 2. The van der Waals surface area contributed by atoms with E-state index < -0.39 is 29.0 Å². The fraction of sp³-hybridized carbons (Fsp3) is 0.231. The number of hydrogen-bond acceptors (Lipinski definition) is 6. The second-order valence-electron chi connectivity index (χ2n) is 8.88. The molecule has 4 rings (SSSR count). The van der Waals surface area contributed by atoms with Crippen molar-refractivity contribution in [3.8, 4) is 5.75 Å². The number of phenolic OH excluding ortho intramolecular Hbond substituents is 1. The quantitative estimate of drug-likeness (QED) is 0.362. The van der Waals surface area contributed by atoms with Crippen molar-refractivity contribution in [3.63, 3.8) is 0 Å². The van der Waals surface area contributed by atoms with E-state index in [1.165, 1.54) is 24.3 Å². The van der Waals surface area contributed by atoms with Gasteiger partial charge in [0.2, 0.25) is 0 Å². The molecule has 0 aliphatic carbocycles. The van der Waals surface area contributed by atoms with Crippen LogP contribution in [0.5, 0.6) is 5.75 Å². The number of carbonyl (C=O) groups excluding carboxylic acids is 4. The van der Waals surface area contributed by atoms with Gasteiger partial charge in [-0.25, -0.2) is 0 Å². The second-order valence-corrected chi connectivity index (χ2v) is 8.88. The van der Waals surface area contributed by atoms with Crippen LogP contribution in [0, 0.1) is 5.41 Å². The molecule has 7 nitrogen and oxygen atoms in total. The zero-order chi connectivity index (χ0) is 23.9. The average Bonchev–Trinajstić information content (AvgIpc) is 2.78. The van der Waals surface area contributed by atoms with Crippen molar-refractivity contribution in [1.29, 1.82) is 0 Å². The number of ether oxygens (including phenoxy) is 1. The van der Waals surface area contributed by atoms with Gasteiger partial charge in [0.25, 0.3) is 11.8 Å². The van der Waals surface area contributed by atoms with Crippen molar-refractivity contribution in [2.75, 3.05) is 13.2 Å². The first kappa shape index (κ1) is 22.2. The summed E-state index contributed by atoms with van der Waals surface area (Å²) in [5.41, 5.74) is 0.302. The summed E-state index contributed by atoms with van der Waals surface area (Å²) in [5, 5.41) is 11.0. The van der Waals surface area contributed by atoms with E-state index >= 15 is 0 Å². The highest BCUT2D eigenvalue weighted by Gasteiger charge is 2.34. The van der Waals surface area contributed by atoms with Crippen molar-refractivity contribution in [2.45, 2.75) is 20.8 Å². The normalized spacial score (nSPS) is 13.4. The van der Waals surface area contributed by atoms with Crippen LogP contribution in [0.1, 0.15) is 57.4 Å². The lowest BCUT2D eigenvalue weighted by Crippen LogP contribution is -2.42. The van der Waals surface area contributed by atoms with Gasteiger partial charge in [0, 0.05) is 22.1 Å². The number of aromatic hydroxyl groups is 1. The van der Waals surface area contributed by atoms with E-state index in [0.717, 1.165) is 4.90 Å². The zero-order valence-corrected chi connectivity index (χ0v) is 18.5. The van der Waals surface area contributed by atoms with E-state index in [0.29, 0.717) is 10.8 Å². The van der Waals surface area contributed by atoms with Gasteiger partial charge in [0.05, 0.1) is 17.5 Å². The first-order chi connectivity index (χ1) is 15.6. The van der Waals surface area contributed by atoms with Gasteiger partial charge < -0.3 is 9.84 Å². The minimum Gasteiger partial charge on any atom is -0.507 e. The molecule has 0 saturated carbocycles. The lowest BCUT2D eigenvalue weighted by Gasteiger charge is -2.28. The maximum Gasteiger partial charge on any atom is 0.311 e. The van der Waals surface area contributed by atoms with Crippen LogP contribution in [-0.4, -0.2) is 46.7 Å². The van der Waals surface area contributed by atoms with Crippen LogP contribution in [0.15, 0.2) is 54.6 Å². The molecule has 1 aliphatic rings. The molecule has 0 fully saturated rings. The van der Waals surface area contributed by atoms with Gasteiger partial charge in [-0.15, -0.1) is 0 Å². The van der Waals surface area contributed by atoms with E-state index in [4.69, 9.17) is 4.74 Å². The third kappa shape index (κ3) is 3.86. The van der Waals surface area contributed by atoms with E-state index in [1.54, 1.807) is 51.1 Å². The van der Waals surface area contributed by atoms with Gasteiger partial charge in [0.1, 0.15) is 12.4 Å². The van der Waals surface area contributed by atoms with E-state index in [1.807, 2.05) is 0 Å². The summed E-state index contributed by atoms with van der Waals surface area (Å²) in [5.74, 6) is -2.01. The van der Waals surface area contributed by atoms with Crippen molar-refractivity contribution >= 4 is 34.3 Å². The Bertz CT molecular complexity index is 1300. The molecule has 168 valence electrons. The first-order valence-corrected chi connectivity index (χ1v) is 10.5. The number of rotatable bonds is 5. The molecular formula is C26H23NO6. The number of nitrogens with zero attached hydrogens (tertiary/aromatic N) is 1. The van der Waals surface area contributed by atoms with Crippen LogP contribution in [0.4, 0.5) is 0 Å². The number of hydrogen-bond donors (Lipinski definition) is 1. The number of ketones is 1. The van der Waals surface area contributed by atoms with Crippen LogP contribution >= 0.6 is 0 Å². The third-order valence-corrected chi connectivity index (χ3v) is 5.55. The number of imide groups is 1. The number of carbonyl (C=O) groups is 4. The molecule has 0 unspecified atom stereocenters. The Kier molecular flexibility index (Phi) is 5.49. The predicted octanol–water partition coefficient (Wildman–Crippen LogP) is 3.96. The molecule has 2 amide bonds. The van der Waals surface area contributed by atoms with Crippen LogP contribution in [0.2, 0.25) is 0 Å². The van der Waals surface area contributed by atoms with Crippen molar-refractivity contribution < 1.29 is 29.0 Å². The Morgan fingerprint density at radius 1 is 0.879 bits per heavy atom. The highest BCUT2D eigenvalue weighted by atomic mass is 16.5. The summed E-state index contributed by atoms with van der Waals surface area (Å²) in [6.07, 6.45) is 0. The van der Waals surface area contributed by atoms with E-state index in [-0.39, 0.29) is 41.2 Å². The molecule has 1 heterocycles. The second kappa shape index (κ2) is 8.16. The van der Waals surface area contributed by atoms with E-state index in [9.17, 15) is 24.3 Å². The maximum absolute atomic E-state index is 13.1. The Labute approximate surface area is 190 Å². The average molecular weight is 445 g/mol. The summed E-state index contributed by atoms with van der Waals surface area (Å²) in [6, 6.07) is 14.2. The Morgan fingerprint density at radius 2 is 1.55 bits per heavy atom. The SMILES string of the molecule is CC(C)(C)C(=O)OCCN1C(=O)c2cccc3c(C(=O)c4ccccc4O)ccc(c23)C1=O. The molecule has 1 N–H and O–H groups in total. The number of para-hydroxylation sites is 1. The topological polar surface area (TPSA) is 101 Å². The molecule has 1 aliphatic heterocycles. The molecule has 33 heavy (non-hydrogen) atoms. The molecule has 0 atom stereocenters. The molecule has 0 spiro atoms. The van der Waals surface area contributed by atoms with Gasteiger partial charge in [-0.1, -0.05) is 24.3 Å². The highest BCUT2D eigenvalue weighted by molar-refractivity contribution is 6.28. The first-order valence-electron chi connectivity index (χ1n) is 10.5. The lowest BCUT2D eigenvalue weighted by molar-refractivity contribution is -0.153. The summed E-state index contributed by atoms with van der Waals surface area (Å²) in [6.45, 7) is 4.98. The van der Waals surface area contributed by atoms with Gasteiger partial charge in [0.15, 0.2) is 5.78 Å². The standard InChI is InChI=1S/C26H23NO6/c1-26(2,3)25(32)33-14-13-27-23(30)18-9-6-8-15-16(11-12-19(21(15)18)24(27)31)22(29)17-7-4-5-10-20(17)28/h4-12,28H,13-14H2,1-3H3. The zero-order valence-electron chi connectivity index (χ0n) is 18.5. The lowest BCUT2D eigenvalue weighted by atomic mass is 9.89. The minimum absolute atomic E-state index is 0.0755. The van der Waals surface area contributed by atoms with Crippen molar-refractivity contribution in [1.82, 2.24) is 4.90 Å². The molecule has 0 aromatic heterocycles. The summed E-state index contributed by atoms with van der Waals surface area (Å²) in [4.78, 5) is 52.5. The number of phenols is 1. The van der Waals surface area contributed by atoms with Crippen LogP contribution in [-0.2, 0) is 9.53 Å². The molecule has 0 bridgehead atoms. The Morgan fingerprint density at radius 3 is 2.21 bits per heavy atom. The smallest absolute Gasteiger partial charge is 0.311 e. The molecule has 3 aromatic rings. The molecule has 0 radical (unpaired) electrons. The molecule has 0 saturated heterocycles. The number of benzene rings is 3. The molecule has 3 aromatic carbocycles. The van der Waals surface area contributed by atoms with Crippen molar-refractivity contribution in [3.05, 3.63) is 76.9 Å². The van der Waals surface area contributed by atoms with E-state index in [2.05, 4.69) is 0 Å². The Hall–Kier alpha value is -4.00. The third-order valence-electron chi connectivity index (χ3n) is 5.55. The highest BCUT2D eigenvalue weighted by Crippen LogP contribution is 2.34. The minimum atomic E-state index is -0.690. The maximum atomic E-state index is 13.1. The molecule has 7 heteroatoms. The van der Waals surface area contributed by atoms with Crippen molar-refractivity contribution in [2.24, 2.45) is 5.41 Å². The molecular weight excluding hydrogens is 422 g/mol. The monoisotopic (exact) mass is 445 g/mol. The van der Waals surface area contributed by atoms with Gasteiger partial charge in [-0.05, 0) is 56.5 Å². The van der Waals surface area contributed by atoms with Gasteiger partial charge in [-0.2, -0.15) is 0 Å². The number of esters is 1. The Balaban J connectivity index is 1.70.